The smallest absolute Gasteiger partial charge is 0.325 e. The lowest BCUT2D eigenvalue weighted by Gasteiger charge is -2.22. The van der Waals surface area contributed by atoms with Crippen LogP contribution in [-0.4, -0.2) is 33.3 Å². The Hall–Kier alpha value is -1.71. The molecule has 0 aliphatic carbocycles. The highest BCUT2D eigenvalue weighted by Crippen LogP contribution is 2.28. The number of anilines is 1. The van der Waals surface area contributed by atoms with Gasteiger partial charge in [0.15, 0.2) is 0 Å². The zero-order valence-electron chi connectivity index (χ0n) is 10.2. The zero-order chi connectivity index (χ0) is 12.3. The van der Waals surface area contributed by atoms with Crippen LogP contribution >= 0.6 is 0 Å². The topological polar surface area (TPSA) is 38.8 Å². The minimum atomic E-state index is -0.235. The largest absolute Gasteiger partial charge is 0.493 e. The first-order chi connectivity index (χ1) is 8.20. The Labute approximate surface area is 101 Å². The summed E-state index contributed by atoms with van der Waals surface area (Å²) in [7, 11) is 3.28. The van der Waals surface area contributed by atoms with Gasteiger partial charge >= 0.3 is 5.97 Å². The summed E-state index contributed by atoms with van der Waals surface area (Å²) in [5.74, 6) is 0.730. The molecular weight excluding hydrogens is 218 g/mol. The second kappa shape index (κ2) is 5.08. The Balaban J connectivity index is 2.13. The van der Waals surface area contributed by atoms with Gasteiger partial charge in [0.25, 0.3) is 0 Å². The molecule has 0 N–H and O–H groups in total. The summed E-state index contributed by atoms with van der Waals surface area (Å²) in [4.78, 5) is 13.1. The number of esters is 1. The van der Waals surface area contributed by atoms with E-state index in [9.17, 15) is 4.79 Å². The number of likely N-dealkylation sites (N-methyl/N-ethyl adjacent to an activating group) is 1. The molecule has 0 amide bonds. The van der Waals surface area contributed by atoms with Gasteiger partial charge in [0.1, 0.15) is 12.3 Å². The predicted octanol–water partition coefficient (Wildman–Crippen LogP) is 1.62. The highest BCUT2D eigenvalue weighted by Gasteiger charge is 2.13. The predicted molar refractivity (Wildman–Crippen MR) is 65.5 cm³/mol. The van der Waals surface area contributed by atoms with Crippen LogP contribution in [0.2, 0.25) is 0 Å². The molecule has 0 radical (unpaired) electrons. The Morgan fingerprint density at radius 1 is 1.53 bits per heavy atom. The van der Waals surface area contributed by atoms with Crippen LogP contribution in [0.4, 0.5) is 5.69 Å². The number of carbonyl (C=O) groups excluding carboxylic acids is 1. The molecule has 4 nitrogen and oxygen atoms in total. The number of aryl methyl sites for hydroxylation is 1. The number of ether oxygens (including phenoxy) is 2. The summed E-state index contributed by atoms with van der Waals surface area (Å²) in [6, 6.07) is 6.02. The molecule has 1 aliphatic rings. The number of fused-ring (bicyclic) bond motifs is 1. The Morgan fingerprint density at radius 2 is 2.35 bits per heavy atom. The van der Waals surface area contributed by atoms with E-state index in [0.717, 1.165) is 30.9 Å². The second-order valence-corrected chi connectivity index (χ2v) is 4.18. The van der Waals surface area contributed by atoms with Gasteiger partial charge in [-0.1, -0.05) is 0 Å². The van der Waals surface area contributed by atoms with Gasteiger partial charge in [0, 0.05) is 12.7 Å². The zero-order valence-corrected chi connectivity index (χ0v) is 10.2. The lowest BCUT2D eigenvalue weighted by atomic mass is 10.1. The van der Waals surface area contributed by atoms with Crippen molar-refractivity contribution in [2.75, 3.05) is 32.2 Å². The molecule has 0 saturated heterocycles. The number of rotatable bonds is 3. The van der Waals surface area contributed by atoms with E-state index in [1.54, 1.807) is 0 Å². The van der Waals surface area contributed by atoms with E-state index < -0.39 is 0 Å². The number of carbonyl (C=O) groups is 1. The fraction of sp³-hybridized carbons (Fsp3) is 0.462. The van der Waals surface area contributed by atoms with Gasteiger partial charge in [-0.05, 0) is 36.6 Å². The summed E-state index contributed by atoms with van der Waals surface area (Å²) in [5.41, 5.74) is 2.23. The maximum atomic E-state index is 11.2. The van der Waals surface area contributed by atoms with Crippen LogP contribution in [-0.2, 0) is 16.0 Å². The molecule has 0 atom stereocenters. The van der Waals surface area contributed by atoms with Crippen molar-refractivity contribution in [2.24, 2.45) is 0 Å². The molecule has 2 rings (SSSR count). The quantitative estimate of drug-likeness (QED) is 0.746. The van der Waals surface area contributed by atoms with Crippen LogP contribution in [0.5, 0.6) is 5.75 Å². The number of hydrogen-bond donors (Lipinski definition) is 0. The monoisotopic (exact) mass is 235 g/mol. The van der Waals surface area contributed by atoms with E-state index in [1.165, 1.54) is 12.7 Å². The molecule has 0 spiro atoms. The number of hydrogen-bond acceptors (Lipinski definition) is 4. The molecule has 4 heteroatoms. The number of nitrogens with zero attached hydrogens (tertiary/aromatic N) is 1. The van der Waals surface area contributed by atoms with Gasteiger partial charge in [-0.2, -0.15) is 0 Å². The third-order valence-electron chi connectivity index (χ3n) is 2.93. The van der Waals surface area contributed by atoms with Crippen molar-refractivity contribution in [3.05, 3.63) is 23.8 Å². The molecular formula is C13H17NO3. The highest BCUT2D eigenvalue weighted by atomic mass is 16.5. The lowest BCUT2D eigenvalue weighted by molar-refractivity contribution is -0.138. The molecule has 1 heterocycles. The van der Waals surface area contributed by atoms with Crippen molar-refractivity contribution < 1.29 is 14.3 Å². The number of benzene rings is 1. The van der Waals surface area contributed by atoms with Crippen LogP contribution < -0.4 is 9.64 Å². The van der Waals surface area contributed by atoms with Crippen molar-refractivity contribution in [3.8, 4) is 5.75 Å². The fourth-order valence-corrected chi connectivity index (χ4v) is 1.93. The van der Waals surface area contributed by atoms with Crippen LogP contribution in [0.3, 0.4) is 0 Å². The number of methoxy groups -OCH3 is 1. The van der Waals surface area contributed by atoms with Gasteiger partial charge in [0.2, 0.25) is 0 Å². The minimum Gasteiger partial charge on any atom is -0.493 e. The van der Waals surface area contributed by atoms with E-state index >= 15 is 0 Å². The summed E-state index contributed by atoms with van der Waals surface area (Å²) in [6.45, 7) is 1.06. The molecule has 1 aromatic rings. The van der Waals surface area contributed by atoms with Crippen LogP contribution in [0.25, 0.3) is 0 Å². The standard InChI is InChI=1S/C13H17NO3/c1-14(9-13(15)16-2)11-5-6-12-10(8-11)4-3-7-17-12/h5-6,8H,3-4,7,9H2,1-2H3. The molecule has 1 aromatic carbocycles. The van der Waals surface area contributed by atoms with Crippen molar-refractivity contribution in [2.45, 2.75) is 12.8 Å². The lowest BCUT2D eigenvalue weighted by Crippen LogP contribution is -2.26. The van der Waals surface area contributed by atoms with E-state index in [-0.39, 0.29) is 12.5 Å². The molecule has 17 heavy (non-hydrogen) atoms. The molecule has 1 aliphatic heterocycles. The maximum Gasteiger partial charge on any atom is 0.325 e. The Morgan fingerprint density at radius 3 is 3.12 bits per heavy atom. The fourth-order valence-electron chi connectivity index (χ4n) is 1.93. The Bertz CT molecular complexity index is 417. The van der Waals surface area contributed by atoms with Gasteiger partial charge in [-0.3, -0.25) is 4.79 Å². The SMILES string of the molecule is COC(=O)CN(C)c1ccc2c(c1)CCCO2. The first kappa shape index (κ1) is 11.8. The molecule has 0 fully saturated rings. The molecule has 0 unspecified atom stereocenters. The highest BCUT2D eigenvalue weighted by molar-refractivity contribution is 5.75. The molecule has 0 bridgehead atoms. The van der Waals surface area contributed by atoms with Crippen LogP contribution in [0, 0.1) is 0 Å². The first-order valence-electron chi connectivity index (χ1n) is 5.74. The van der Waals surface area contributed by atoms with Gasteiger partial charge in [0.05, 0.1) is 13.7 Å². The summed E-state index contributed by atoms with van der Waals surface area (Å²) < 4.78 is 10.2. The van der Waals surface area contributed by atoms with Crippen molar-refractivity contribution in [1.29, 1.82) is 0 Å². The van der Waals surface area contributed by atoms with Crippen molar-refractivity contribution in [1.82, 2.24) is 0 Å². The summed E-state index contributed by atoms with van der Waals surface area (Å²) >= 11 is 0. The van der Waals surface area contributed by atoms with E-state index in [0.29, 0.717) is 0 Å². The first-order valence-corrected chi connectivity index (χ1v) is 5.74. The summed E-state index contributed by atoms with van der Waals surface area (Å²) in [6.07, 6.45) is 2.09. The van der Waals surface area contributed by atoms with Gasteiger partial charge in [-0.25, -0.2) is 0 Å². The third kappa shape index (κ3) is 2.70. The second-order valence-electron chi connectivity index (χ2n) is 4.18. The average Bonchev–Trinajstić information content (AvgIpc) is 2.38. The summed E-state index contributed by atoms with van der Waals surface area (Å²) in [5, 5.41) is 0. The van der Waals surface area contributed by atoms with E-state index in [2.05, 4.69) is 10.8 Å². The van der Waals surface area contributed by atoms with Gasteiger partial charge < -0.3 is 14.4 Å². The molecule has 0 saturated carbocycles. The molecule has 92 valence electrons. The van der Waals surface area contributed by atoms with Crippen molar-refractivity contribution in [3.63, 3.8) is 0 Å². The maximum absolute atomic E-state index is 11.2. The Kier molecular flexibility index (Phi) is 3.52. The van der Waals surface area contributed by atoms with Crippen molar-refractivity contribution >= 4 is 11.7 Å². The van der Waals surface area contributed by atoms with E-state index in [1.807, 2.05) is 24.1 Å². The minimum absolute atomic E-state index is 0.235. The average molecular weight is 235 g/mol. The third-order valence-corrected chi connectivity index (χ3v) is 2.93. The van der Waals surface area contributed by atoms with Crippen LogP contribution in [0.15, 0.2) is 18.2 Å². The van der Waals surface area contributed by atoms with Gasteiger partial charge in [-0.15, -0.1) is 0 Å². The molecule has 0 aromatic heterocycles. The normalized spacial score (nSPS) is 13.5. The van der Waals surface area contributed by atoms with Crippen LogP contribution in [0.1, 0.15) is 12.0 Å². The van der Waals surface area contributed by atoms with E-state index in [4.69, 9.17) is 4.74 Å².